The number of hydrogen-bond donors (Lipinski definition) is 1. The first-order valence-corrected chi connectivity index (χ1v) is 7.58. The molecule has 2 amide bonds. The molecule has 0 fully saturated rings. The molecule has 1 aromatic rings. The molecule has 1 atom stereocenters. The van der Waals surface area contributed by atoms with Gasteiger partial charge in [-0.25, -0.2) is 0 Å². The number of ether oxygens (including phenoxy) is 1. The largest absolute Gasteiger partial charge is 0.468 e. The Morgan fingerprint density at radius 3 is 2.38 bits per heavy atom. The highest BCUT2D eigenvalue weighted by Gasteiger charge is 2.34. The molecule has 0 radical (unpaired) electrons. The molecule has 7 heteroatoms. The Balaban J connectivity index is 1.84. The molecule has 2 rings (SSSR count). The minimum Gasteiger partial charge on any atom is -0.468 e. The van der Waals surface area contributed by atoms with Crippen LogP contribution in [-0.4, -0.2) is 47.5 Å². The van der Waals surface area contributed by atoms with Gasteiger partial charge in [0.2, 0.25) is 0 Å². The first-order valence-electron chi connectivity index (χ1n) is 6.42. The third kappa shape index (κ3) is 3.25. The van der Waals surface area contributed by atoms with Crippen molar-refractivity contribution in [3.63, 3.8) is 0 Å². The van der Waals surface area contributed by atoms with Crippen LogP contribution in [0.1, 0.15) is 27.1 Å². The lowest BCUT2D eigenvalue weighted by Gasteiger charge is -2.14. The first kappa shape index (κ1) is 15.5. The number of nitrogens with two attached hydrogens (primary N) is 1. The van der Waals surface area contributed by atoms with E-state index in [1.165, 1.54) is 23.8 Å². The monoisotopic (exact) mass is 308 g/mol. The molecule has 1 unspecified atom stereocenters. The summed E-state index contributed by atoms with van der Waals surface area (Å²) >= 11 is 1.38. The van der Waals surface area contributed by atoms with Crippen LogP contribution in [0.5, 0.6) is 0 Å². The Labute approximate surface area is 126 Å². The highest BCUT2D eigenvalue weighted by molar-refractivity contribution is 7.99. The second-order valence-corrected chi connectivity index (χ2v) is 5.61. The van der Waals surface area contributed by atoms with Crippen LogP contribution in [0.25, 0.3) is 0 Å². The number of carbonyl (C=O) groups is 3. The molecular weight excluding hydrogens is 292 g/mol. The Morgan fingerprint density at radius 1 is 1.29 bits per heavy atom. The van der Waals surface area contributed by atoms with E-state index in [4.69, 9.17) is 5.73 Å². The maximum absolute atomic E-state index is 12.1. The summed E-state index contributed by atoms with van der Waals surface area (Å²) in [7, 11) is 1.29. The van der Waals surface area contributed by atoms with Crippen molar-refractivity contribution < 1.29 is 19.1 Å². The zero-order valence-corrected chi connectivity index (χ0v) is 12.4. The second kappa shape index (κ2) is 6.73. The van der Waals surface area contributed by atoms with E-state index in [1.54, 1.807) is 24.3 Å². The summed E-state index contributed by atoms with van der Waals surface area (Å²) in [5.74, 6) is -0.207. The number of rotatable bonds is 6. The minimum absolute atomic E-state index is 0.250. The maximum atomic E-state index is 12.1. The van der Waals surface area contributed by atoms with Crippen LogP contribution in [0, 0.1) is 0 Å². The number of hydrogen-bond acceptors (Lipinski definition) is 6. The van der Waals surface area contributed by atoms with Crippen molar-refractivity contribution in [3.05, 3.63) is 35.4 Å². The maximum Gasteiger partial charge on any atom is 0.322 e. The highest BCUT2D eigenvalue weighted by Crippen LogP contribution is 2.24. The zero-order chi connectivity index (χ0) is 15.4. The summed E-state index contributed by atoms with van der Waals surface area (Å²) in [6.45, 7) is 0. The number of fused-ring (bicyclic) bond motifs is 1. The van der Waals surface area contributed by atoms with Crippen molar-refractivity contribution >= 4 is 29.5 Å². The Bertz CT molecular complexity index is 541. The van der Waals surface area contributed by atoms with Crippen LogP contribution >= 0.6 is 11.8 Å². The molecule has 1 aliphatic rings. The lowest BCUT2D eigenvalue weighted by molar-refractivity contribution is -0.142. The van der Waals surface area contributed by atoms with Gasteiger partial charge in [-0.1, -0.05) is 12.1 Å². The van der Waals surface area contributed by atoms with E-state index in [0.29, 0.717) is 23.3 Å². The average Bonchev–Trinajstić information content (AvgIpc) is 2.75. The van der Waals surface area contributed by atoms with Crippen molar-refractivity contribution in [2.24, 2.45) is 5.73 Å². The molecule has 21 heavy (non-hydrogen) atoms. The van der Waals surface area contributed by atoms with Crippen LogP contribution < -0.4 is 5.73 Å². The van der Waals surface area contributed by atoms with E-state index >= 15 is 0 Å². The number of methoxy groups -OCH3 is 1. The number of carbonyl (C=O) groups excluding carboxylic acids is 3. The van der Waals surface area contributed by atoms with Gasteiger partial charge in [-0.15, -0.1) is 11.8 Å². The molecule has 2 N–H and O–H groups in total. The molecule has 0 aromatic heterocycles. The summed E-state index contributed by atoms with van der Waals surface area (Å²) in [6, 6.07) is 6.08. The molecule has 1 heterocycles. The normalized spacial score (nSPS) is 15.0. The van der Waals surface area contributed by atoms with Gasteiger partial charge < -0.3 is 10.5 Å². The summed E-state index contributed by atoms with van der Waals surface area (Å²) < 4.78 is 4.53. The molecule has 6 nitrogen and oxygen atoms in total. The number of benzene rings is 1. The van der Waals surface area contributed by atoms with Gasteiger partial charge in [0.05, 0.1) is 24.1 Å². The van der Waals surface area contributed by atoms with Gasteiger partial charge in [0.25, 0.3) is 11.8 Å². The van der Waals surface area contributed by atoms with Crippen LogP contribution in [0.15, 0.2) is 24.3 Å². The van der Waals surface area contributed by atoms with E-state index in [9.17, 15) is 14.4 Å². The number of thioether (sulfide) groups is 1. The third-order valence-corrected chi connectivity index (χ3v) is 4.14. The van der Waals surface area contributed by atoms with Crippen molar-refractivity contribution in [3.8, 4) is 0 Å². The van der Waals surface area contributed by atoms with Crippen LogP contribution in [0.3, 0.4) is 0 Å². The molecule has 0 aliphatic carbocycles. The molecule has 1 aliphatic heterocycles. The van der Waals surface area contributed by atoms with Crippen molar-refractivity contribution in [2.75, 3.05) is 18.7 Å². The number of esters is 1. The van der Waals surface area contributed by atoms with Gasteiger partial charge in [-0.05, 0) is 24.3 Å². The van der Waals surface area contributed by atoms with Gasteiger partial charge in [-0.2, -0.15) is 0 Å². The van der Waals surface area contributed by atoms with E-state index < -0.39 is 12.0 Å². The Hall–Kier alpha value is -1.86. The lowest BCUT2D eigenvalue weighted by Crippen LogP contribution is -2.33. The van der Waals surface area contributed by atoms with Crippen LogP contribution in [0.2, 0.25) is 0 Å². The number of imide groups is 1. The Morgan fingerprint density at radius 2 is 1.86 bits per heavy atom. The Kier molecular flexibility index (Phi) is 4.98. The van der Waals surface area contributed by atoms with E-state index in [-0.39, 0.29) is 17.7 Å². The summed E-state index contributed by atoms with van der Waals surface area (Å²) in [4.78, 5) is 36.5. The van der Waals surface area contributed by atoms with E-state index in [2.05, 4.69) is 4.74 Å². The smallest absolute Gasteiger partial charge is 0.322 e. The quantitative estimate of drug-likeness (QED) is 0.476. The highest BCUT2D eigenvalue weighted by atomic mass is 32.2. The fraction of sp³-hybridized carbons (Fsp3) is 0.357. The summed E-state index contributed by atoms with van der Waals surface area (Å²) in [5.41, 5.74) is 6.49. The molecule has 0 bridgehead atoms. The second-order valence-electron chi connectivity index (χ2n) is 4.54. The van der Waals surface area contributed by atoms with Gasteiger partial charge >= 0.3 is 5.97 Å². The third-order valence-electron chi connectivity index (χ3n) is 3.18. The van der Waals surface area contributed by atoms with Crippen LogP contribution in [0.4, 0.5) is 0 Å². The van der Waals surface area contributed by atoms with Gasteiger partial charge in [-0.3, -0.25) is 19.3 Å². The standard InChI is InChI=1S/C14H16N2O4S/c1-20-14(19)11(15)6-7-21-8-16-12(17)9-4-2-3-5-10(9)13(16)18/h2-5,11H,6-8,15H2,1H3. The molecule has 112 valence electrons. The van der Waals surface area contributed by atoms with Crippen LogP contribution in [-0.2, 0) is 9.53 Å². The van der Waals surface area contributed by atoms with Gasteiger partial charge in [0.15, 0.2) is 0 Å². The van der Waals surface area contributed by atoms with Crippen molar-refractivity contribution in [2.45, 2.75) is 12.5 Å². The molecule has 0 saturated carbocycles. The predicted molar refractivity (Wildman–Crippen MR) is 78.9 cm³/mol. The molecule has 0 saturated heterocycles. The predicted octanol–water partition coefficient (Wildman–Crippen LogP) is 0.864. The zero-order valence-electron chi connectivity index (χ0n) is 11.6. The molecular formula is C14H16N2O4S. The lowest BCUT2D eigenvalue weighted by atomic mass is 10.1. The molecule has 0 spiro atoms. The topological polar surface area (TPSA) is 89.7 Å². The SMILES string of the molecule is COC(=O)C(N)CCSCN1C(=O)c2ccccc2C1=O. The summed E-state index contributed by atoms with van der Waals surface area (Å²) in [5, 5.41) is 0. The van der Waals surface area contributed by atoms with Crippen molar-refractivity contribution in [1.29, 1.82) is 0 Å². The number of amides is 2. The fourth-order valence-electron chi connectivity index (χ4n) is 1.99. The molecule has 1 aromatic carbocycles. The van der Waals surface area contributed by atoms with Gasteiger partial charge in [0, 0.05) is 0 Å². The van der Waals surface area contributed by atoms with Gasteiger partial charge in [0.1, 0.15) is 6.04 Å². The minimum atomic E-state index is -0.676. The fourth-order valence-corrected chi connectivity index (χ4v) is 2.96. The first-order chi connectivity index (χ1) is 10.1. The van der Waals surface area contributed by atoms with E-state index in [1.807, 2.05) is 0 Å². The summed E-state index contributed by atoms with van der Waals surface area (Å²) in [6.07, 6.45) is 0.431. The number of nitrogens with zero attached hydrogens (tertiary/aromatic N) is 1. The average molecular weight is 308 g/mol. The van der Waals surface area contributed by atoms with Crippen molar-refractivity contribution in [1.82, 2.24) is 4.90 Å². The van der Waals surface area contributed by atoms with E-state index in [0.717, 1.165) is 0 Å².